The summed E-state index contributed by atoms with van der Waals surface area (Å²) < 4.78 is 5.73. The van der Waals surface area contributed by atoms with Crippen LogP contribution in [0.2, 0.25) is 0 Å². The van der Waals surface area contributed by atoms with Gasteiger partial charge in [0.05, 0.1) is 6.61 Å². The minimum Gasteiger partial charge on any atom is -0.493 e. The molecule has 2 heteroatoms. The van der Waals surface area contributed by atoms with E-state index in [4.69, 9.17) is 4.74 Å². The van der Waals surface area contributed by atoms with Crippen molar-refractivity contribution in [1.82, 2.24) is 5.32 Å². The number of hydrogen-bond acceptors (Lipinski definition) is 2. The van der Waals surface area contributed by atoms with E-state index in [-0.39, 0.29) is 5.54 Å². The van der Waals surface area contributed by atoms with Gasteiger partial charge in [0.2, 0.25) is 0 Å². The molecule has 1 aromatic rings. The van der Waals surface area contributed by atoms with Gasteiger partial charge in [-0.3, -0.25) is 0 Å². The van der Waals surface area contributed by atoms with Gasteiger partial charge in [0, 0.05) is 17.6 Å². The second-order valence-corrected chi connectivity index (χ2v) is 5.09. The summed E-state index contributed by atoms with van der Waals surface area (Å²) in [5.41, 5.74) is 2.63. The molecule has 17 heavy (non-hydrogen) atoms. The zero-order chi connectivity index (χ0) is 12.9. The quantitative estimate of drug-likeness (QED) is 0.812. The first-order valence-corrected chi connectivity index (χ1v) is 6.46. The van der Waals surface area contributed by atoms with Crippen molar-refractivity contribution in [2.24, 2.45) is 0 Å². The van der Waals surface area contributed by atoms with Crippen LogP contribution in [-0.2, 0) is 6.54 Å². The second kappa shape index (κ2) is 6.06. The molecule has 0 aliphatic carbocycles. The van der Waals surface area contributed by atoms with Crippen LogP contribution in [0.25, 0.3) is 0 Å². The highest BCUT2D eigenvalue weighted by Gasteiger charge is 2.15. The summed E-state index contributed by atoms with van der Waals surface area (Å²) in [6.07, 6.45) is 1.11. The number of para-hydroxylation sites is 1. The Morgan fingerprint density at radius 3 is 2.53 bits per heavy atom. The van der Waals surface area contributed by atoms with Gasteiger partial charge in [0.15, 0.2) is 0 Å². The molecular formula is C15H25NO. The third-order valence-corrected chi connectivity index (χ3v) is 3.22. The maximum atomic E-state index is 5.73. The molecule has 1 N–H and O–H groups in total. The number of rotatable bonds is 6. The van der Waals surface area contributed by atoms with E-state index in [0.29, 0.717) is 0 Å². The minimum atomic E-state index is 0.174. The Kier molecular flexibility index (Phi) is 5.01. The van der Waals surface area contributed by atoms with Crippen LogP contribution in [0.4, 0.5) is 0 Å². The van der Waals surface area contributed by atoms with Crippen LogP contribution in [0.15, 0.2) is 18.2 Å². The molecule has 0 unspecified atom stereocenters. The van der Waals surface area contributed by atoms with Crippen molar-refractivity contribution in [3.8, 4) is 5.75 Å². The summed E-state index contributed by atoms with van der Waals surface area (Å²) in [5, 5.41) is 3.57. The molecule has 0 saturated carbocycles. The van der Waals surface area contributed by atoms with Crippen molar-refractivity contribution < 1.29 is 4.74 Å². The lowest BCUT2D eigenvalue weighted by molar-refractivity contribution is 0.326. The molecule has 0 aliphatic heterocycles. The molecule has 0 bridgehead atoms. The Labute approximate surface area is 105 Å². The lowest BCUT2D eigenvalue weighted by Gasteiger charge is -2.25. The van der Waals surface area contributed by atoms with E-state index in [1.807, 2.05) is 6.92 Å². The fourth-order valence-electron chi connectivity index (χ4n) is 1.66. The highest BCUT2D eigenvalue weighted by molar-refractivity contribution is 5.40. The van der Waals surface area contributed by atoms with Gasteiger partial charge in [-0.2, -0.15) is 0 Å². The fraction of sp³-hybridized carbons (Fsp3) is 0.600. The topological polar surface area (TPSA) is 21.3 Å². The van der Waals surface area contributed by atoms with Gasteiger partial charge >= 0.3 is 0 Å². The number of aryl methyl sites for hydroxylation is 1. The number of hydrogen-bond donors (Lipinski definition) is 1. The molecular weight excluding hydrogens is 210 g/mol. The standard InChI is InChI=1S/C15H25NO/c1-6-15(4,5)16-11-13-10-8-9-12(3)14(13)17-7-2/h8-10,16H,6-7,11H2,1-5H3. The maximum absolute atomic E-state index is 5.73. The molecule has 0 heterocycles. The van der Waals surface area contributed by atoms with Gasteiger partial charge in [-0.05, 0) is 39.7 Å². The molecule has 0 fully saturated rings. The normalized spacial score (nSPS) is 11.6. The molecule has 96 valence electrons. The van der Waals surface area contributed by atoms with Crippen molar-refractivity contribution in [3.63, 3.8) is 0 Å². The molecule has 0 amide bonds. The Bertz CT molecular complexity index is 358. The number of ether oxygens (including phenoxy) is 1. The molecule has 0 aliphatic rings. The van der Waals surface area contributed by atoms with Crippen LogP contribution in [0.5, 0.6) is 5.75 Å². The van der Waals surface area contributed by atoms with Gasteiger partial charge in [-0.25, -0.2) is 0 Å². The first kappa shape index (κ1) is 14.0. The third-order valence-electron chi connectivity index (χ3n) is 3.22. The summed E-state index contributed by atoms with van der Waals surface area (Å²) in [6.45, 7) is 12.4. The summed E-state index contributed by atoms with van der Waals surface area (Å²) in [4.78, 5) is 0. The summed E-state index contributed by atoms with van der Waals surface area (Å²) in [5.74, 6) is 1.04. The zero-order valence-corrected chi connectivity index (χ0v) is 11.8. The van der Waals surface area contributed by atoms with Crippen LogP contribution in [0.3, 0.4) is 0 Å². The van der Waals surface area contributed by atoms with E-state index in [2.05, 4.69) is 51.2 Å². The Hall–Kier alpha value is -1.02. The van der Waals surface area contributed by atoms with E-state index in [1.165, 1.54) is 11.1 Å². The van der Waals surface area contributed by atoms with Gasteiger partial charge in [-0.15, -0.1) is 0 Å². The third kappa shape index (κ3) is 4.04. The highest BCUT2D eigenvalue weighted by atomic mass is 16.5. The van der Waals surface area contributed by atoms with Crippen molar-refractivity contribution >= 4 is 0 Å². The van der Waals surface area contributed by atoms with Crippen molar-refractivity contribution in [3.05, 3.63) is 29.3 Å². The average Bonchev–Trinajstić information content (AvgIpc) is 2.30. The summed E-state index contributed by atoms with van der Waals surface area (Å²) in [7, 11) is 0. The lowest BCUT2D eigenvalue weighted by atomic mass is 10.0. The van der Waals surface area contributed by atoms with Crippen LogP contribution >= 0.6 is 0 Å². The van der Waals surface area contributed by atoms with Gasteiger partial charge in [0.25, 0.3) is 0 Å². The molecule has 2 nitrogen and oxygen atoms in total. The molecule has 0 saturated heterocycles. The average molecular weight is 235 g/mol. The van der Waals surface area contributed by atoms with Crippen molar-refractivity contribution in [2.45, 2.75) is 53.1 Å². The SMILES string of the molecule is CCOc1c(C)cccc1CNC(C)(C)CC. The van der Waals surface area contributed by atoms with Gasteiger partial charge < -0.3 is 10.1 Å². The molecule has 1 rings (SSSR count). The first-order valence-electron chi connectivity index (χ1n) is 6.46. The van der Waals surface area contributed by atoms with E-state index >= 15 is 0 Å². The Morgan fingerprint density at radius 1 is 1.24 bits per heavy atom. The van der Waals surface area contributed by atoms with Gasteiger partial charge in [-0.1, -0.05) is 25.1 Å². The lowest BCUT2D eigenvalue weighted by Crippen LogP contribution is -2.37. The summed E-state index contributed by atoms with van der Waals surface area (Å²) in [6, 6.07) is 6.32. The zero-order valence-electron chi connectivity index (χ0n) is 11.8. The predicted molar refractivity (Wildman–Crippen MR) is 73.6 cm³/mol. The minimum absolute atomic E-state index is 0.174. The van der Waals surface area contributed by atoms with E-state index < -0.39 is 0 Å². The molecule has 0 atom stereocenters. The van der Waals surface area contributed by atoms with Gasteiger partial charge in [0.1, 0.15) is 5.75 Å². The van der Waals surface area contributed by atoms with Crippen LogP contribution in [0.1, 0.15) is 45.2 Å². The fourth-order valence-corrected chi connectivity index (χ4v) is 1.66. The monoisotopic (exact) mass is 235 g/mol. The smallest absolute Gasteiger partial charge is 0.126 e. The number of nitrogens with one attached hydrogen (secondary N) is 1. The molecule has 1 aromatic carbocycles. The Morgan fingerprint density at radius 2 is 1.94 bits per heavy atom. The summed E-state index contributed by atoms with van der Waals surface area (Å²) >= 11 is 0. The molecule has 0 spiro atoms. The molecule has 0 radical (unpaired) electrons. The van der Waals surface area contributed by atoms with E-state index in [9.17, 15) is 0 Å². The maximum Gasteiger partial charge on any atom is 0.126 e. The highest BCUT2D eigenvalue weighted by Crippen LogP contribution is 2.24. The predicted octanol–water partition coefficient (Wildman–Crippen LogP) is 3.67. The molecule has 0 aromatic heterocycles. The van der Waals surface area contributed by atoms with Crippen molar-refractivity contribution in [2.75, 3.05) is 6.61 Å². The van der Waals surface area contributed by atoms with Crippen LogP contribution < -0.4 is 10.1 Å². The van der Waals surface area contributed by atoms with Crippen LogP contribution in [-0.4, -0.2) is 12.1 Å². The van der Waals surface area contributed by atoms with E-state index in [0.717, 1.165) is 25.3 Å². The van der Waals surface area contributed by atoms with Crippen LogP contribution in [0, 0.1) is 6.92 Å². The largest absolute Gasteiger partial charge is 0.493 e. The number of benzene rings is 1. The second-order valence-electron chi connectivity index (χ2n) is 5.09. The first-order chi connectivity index (χ1) is 8.00. The van der Waals surface area contributed by atoms with Crippen molar-refractivity contribution in [1.29, 1.82) is 0 Å². The Balaban J connectivity index is 2.80. The van der Waals surface area contributed by atoms with E-state index in [1.54, 1.807) is 0 Å².